The van der Waals surface area contributed by atoms with E-state index in [1.54, 1.807) is 36.1 Å². The summed E-state index contributed by atoms with van der Waals surface area (Å²) in [6.07, 6.45) is 3.31. The summed E-state index contributed by atoms with van der Waals surface area (Å²) in [4.78, 5) is 31.0. The number of thiocarbonyl (C=S) groups is 1. The third-order valence-corrected chi connectivity index (χ3v) is 7.47. The molecule has 2 aromatic heterocycles. The summed E-state index contributed by atoms with van der Waals surface area (Å²) in [5.41, 5.74) is 2.01. The molecule has 0 aliphatic carbocycles. The van der Waals surface area contributed by atoms with Gasteiger partial charge in [-0.1, -0.05) is 42.2 Å². The monoisotopic (exact) mass is 495 g/mol. The van der Waals surface area contributed by atoms with Crippen molar-refractivity contribution in [3.8, 4) is 0 Å². The predicted octanol–water partition coefficient (Wildman–Crippen LogP) is 4.15. The van der Waals surface area contributed by atoms with E-state index in [2.05, 4.69) is 4.90 Å². The summed E-state index contributed by atoms with van der Waals surface area (Å²) in [7, 11) is 1.76. The molecule has 2 fully saturated rings. The number of hydrogen-bond donors (Lipinski definition) is 0. The van der Waals surface area contributed by atoms with Gasteiger partial charge in [0.05, 0.1) is 46.7 Å². The van der Waals surface area contributed by atoms with Crippen LogP contribution < -0.4 is 10.5 Å². The molecule has 0 N–H and O–H groups in total. The minimum absolute atomic E-state index is 0.0194. The molecular weight excluding hydrogens is 470 g/mol. The van der Waals surface area contributed by atoms with Gasteiger partial charge in [-0.3, -0.25) is 14.5 Å². The number of aromatic nitrogens is 1. The Kier molecular flexibility index (Phi) is 6.09. The van der Waals surface area contributed by atoms with Gasteiger partial charge < -0.3 is 18.6 Å². The standard InChI is InChI=1S/C25H25N3O4S2/c1-15-12-27(13-16(2)32-15)22-18-8-4-5-9-20(18)26(3)23(29)19(22)11-21-24(30)28(25(33)34-21)14-17-7-6-10-31-17/h4-11,15-16H,12-14H2,1-3H3. The zero-order valence-electron chi connectivity index (χ0n) is 19.2. The van der Waals surface area contributed by atoms with Gasteiger partial charge >= 0.3 is 0 Å². The molecule has 5 rings (SSSR count). The summed E-state index contributed by atoms with van der Waals surface area (Å²) in [6, 6.07) is 11.4. The van der Waals surface area contributed by atoms with E-state index < -0.39 is 0 Å². The molecule has 0 spiro atoms. The molecule has 0 bridgehead atoms. The smallest absolute Gasteiger partial charge is 0.266 e. The predicted molar refractivity (Wildman–Crippen MR) is 139 cm³/mol. The Morgan fingerprint density at radius 2 is 1.85 bits per heavy atom. The number of carbonyl (C=O) groups excluding carboxylic acids is 1. The van der Waals surface area contributed by atoms with Crippen LogP contribution in [0.4, 0.5) is 5.69 Å². The van der Waals surface area contributed by atoms with E-state index in [1.165, 1.54) is 16.7 Å². The first-order valence-corrected chi connectivity index (χ1v) is 12.4. The molecule has 3 aromatic rings. The number of aryl methyl sites for hydroxylation is 1. The first-order chi connectivity index (χ1) is 16.3. The highest BCUT2D eigenvalue weighted by Gasteiger charge is 2.34. The van der Waals surface area contributed by atoms with Crippen molar-refractivity contribution >= 4 is 56.9 Å². The number of amides is 1. The molecule has 176 valence electrons. The Balaban J connectivity index is 1.64. The summed E-state index contributed by atoms with van der Waals surface area (Å²) in [5.74, 6) is 0.424. The molecule has 1 amide bonds. The Bertz CT molecular complexity index is 1350. The zero-order valence-corrected chi connectivity index (χ0v) is 20.8. The number of carbonyl (C=O) groups is 1. The molecule has 2 aliphatic heterocycles. The molecule has 1 aromatic carbocycles. The van der Waals surface area contributed by atoms with E-state index >= 15 is 0 Å². The van der Waals surface area contributed by atoms with E-state index in [9.17, 15) is 9.59 Å². The van der Waals surface area contributed by atoms with E-state index in [0.29, 0.717) is 33.6 Å². The molecule has 2 atom stereocenters. The number of rotatable bonds is 4. The number of morpholine rings is 1. The molecule has 9 heteroatoms. The normalized spacial score (nSPS) is 22.4. The number of fused-ring (bicyclic) bond motifs is 1. The fourth-order valence-electron chi connectivity index (χ4n) is 4.66. The third-order valence-electron chi connectivity index (χ3n) is 6.09. The first-order valence-electron chi connectivity index (χ1n) is 11.1. The Morgan fingerprint density at radius 1 is 1.12 bits per heavy atom. The number of nitrogens with zero attached hydrogens (tertiary/aromatic N) is 3. The van der Waals surface area contributed by atoms with Crippen LogP contribution in [0, 0.1) is 0 Å². The molecule has 34 heavy (non-hydrogen) atoms. The van der Waals surface area contributed by atoms with Crippen molar-refractivity contribution in [1.82, 2.24) is 9.47 Å². The lowest BCUT2D eigenvalue weighted by Crippen LogP contribution is -2.46. The topological polar surface area (TPSA) is 67.9 Å². The minimum Gasteiger partial charge on any atom is -0.467 e. The van der Waals surface area contributed by atoms with E-state index in [1.807, 2.05) is 38.1 Å². The molecule has 2 unspecified atom stereocenters. The second-order valence-corrected chi connectivity index (χ2v) is 10.3. The van der Waals surface area contributed by atoms with Crippen LogP contribution in [0.25, 0.3) is 17.0 Å². The largest absolute Gasteiger partial charge is 0.467 e. The number of anilines is 1. The van der Waals surface area contributed by atoms with E-state index in [-0.39, 0.29) is 30.2 Å². The summed E-state index contributed by atoms with van der Waals surface area (Å²) < 4.78 is 13.4. The lowest BCUT2D eigenvalue weighted by Gasteiger charge is -2.38. The Labute approximate surface area is 207 Å². The lowest BCUT2D eigenvalue weighted by atomic mass is 10.0. The van der Waals surface area contributed by atoms with Gasteiger partial charge in [-0.2, -0.15) is 0 Å². The van der Waals surface area contributed by atoms with Crippen LogP contribution in [-0.4, -0.2) is 45.0 Å². The molecule has 7 nitrogen and oxygen atoms in total. The Hall–Kier alpha value is -2.88. The Morgan fingerprint density at radius 3 is 2.56 bits per heavy atom. The van der Waals surface area contributed by atoms with Gasteiger partial charge in [-0.25, -0.2) is 0 Å². The van der Waals surface area contributed by atoms with Crippen LogP contribution in [0.3, 0.4) is 0 Å². The van der Waals surface area contributed by atoms with Gasteiger partial charge in [0, 0.05) is 25.5 Å². The maximum Gasteiger partial charge on any atom is 0.266 e. The molecule has 2 saturated heterocycles. The summed E-state index contributed by atoms with van der Waals surface area (Å²) in [6.45, 7) is 5.64. The van der Waals surface area contributed by atoms with Crippen molar-refractivity contribution in [2.75, 3.05) is 18.0 Å². The summed E-state index contributed by atoms with van der Waals surface area (Å²) >= 11 is 6.69. The second-order valence-electron chi connectivity index (χ2n) is 8.65. The molecule has 0 saturated carbocycles. The van der Waals surface area contributed by atoms with Gasteiger partial charge in [0.15, 0.2) is 0 Å². The van der Waals surface area contributed by atoms with Gasteiger partial charge in [0.1, 0.15) is 10.1 Å². The quantitative estimate of drug-likeness (QED) is 0.398. The number of para-hydroxylation sites is 1. The summed E-state index contributed by atoms with van der Waals surface area (Å²) in [5, 5.41) is 0.961. The number of benzene rings is 1. The van der Waals surface area contributed by atoms with Gasteiger partial charge in [-0.05, 0) is 38.1 Å². The first kappa shape index (κ1) is 22.9. The SMILES string of the molecule is CC1CN(c2c(C=C3SC(=S)N(Cc4ccco4)C3=O)c(=O)n(C)c3ccccc23)CC(C)O1. The highest BCUT2D eigenvalue weighted by atomic mass is 32.2. The van der Waals surface area contributed by atoms with Gasteiger partial charge in [0.25, 0.3) is 11.5 Å². The number of ether oxygens (including phenoxy) is 1. The van der Waals surface area contributed by atoms with Crippen LogP contribution in [0.2, 0.25) is 0 Å². The zero-order chi connectivity index (χ0) is 24.0. The molecule has 0 radical (unpaired) electrons. The third kappa shape index (κ3) is 4.08. The van der Waals surface area contributed by atoms with Crippen LogP contribution in [0.1, 0.15) is 25.2 Å². The molecular formula is C25H25N3O4S2. The van der Waals surface area contributed by atoms with Crippen LogP contribution in [0.15, 0.2) is 56.8 Å². The maximum atomic E-state index is 13.6. The number of furan rings is 1. The molecule has 4 heterocycles. The molecule has 2 aliphatic rings. The highest BCUT2D eigenvalue weighted by Crippen LogP contribution is 2.37. The second kappa shape index (κ2) is 9.05. The van der Waals surface area contributed by atoms with Crippen molar-refractivity contribution in [2.45, 2.75) is 32.6 Å². The fraction of sp³-hybridized carbons (Fsp3) is 0.320. The van der Waals surface area contributed by atoms with Crippen molar-refractivity contribution in [2.24, 2.45) is 7.05 Å². The fourth-order valence-corrected chi connectivity index (χ4v) is 5.90. The van der Waals surface area contributed by atoms with Crippen molar-refractivity contribution < 1.29 is 13.9 Å². The van der Waals surface area contributed by atoms with E-state index in [0.717, 1.165) is 16.6 Å². The average Bonchev–Trinajstić information content (AvgIpc) is 3.41. The minimum atomic E-state index is -0.226. The average molecular weight is 496 g/mol. The van der Waals surface area contributed by atoms with Gasteiger partial charge in [-0.15, -0.1) is 0 Å². The number of hydrogen-bond acceptors (Lipinski definition) is 7. The van der Waals surface area contributed by atoms with E-state index in [4.69, 9.17) is 21.4 Å². The maximum absolute atomic E-state index is 13.6. The number of thioether (sulfide) groups is 1. The lowest BCUT2D eigenvalue weighted by molar-refractivity contribution is -0.122. The van der Waals surface area contributed by atoms with Crippen molar-refractivity contribution in [3.63, 3.8) is 0 Å². The van der Waals surface area contributed by atoms with Crippen LogP contribution in [-0.2, 0) is 23.1 Å². The van der Waals surface area contributed by atoms with Crippen molar-refractivity contribution in [1.29, 1.82) is 0 Å². The highest BCUT2D eigenvalue weighted by molar-refractivity contribution is 8.26. The van der Waals surface area contributed by atoms with Crippen LogP contribution >= 0.6 is 24.0 Å². The van der Waals surface area contributed by atoms with Crippen LogP contribution in [0.5, 0.6) is 0 Å². The van der Waals surface area contributed by atoms with Crippen molar-refractivity contribution in [3.05, 3.63) is 69.2 Å². The van der Waals surface area contributed by atoms with Gasteiger partial charge in [0.2, 0.25) is 0 Å². The number of pyridine rings is 1.